The summed E-state index contributed by atoms with van der Waals surface area (Å²) in [7, 11) is 0. The highest BCUT2D eigenvalue weighted by Gasteiger charge is 2.60. The zero-order valence-corrected chi connectivity index (χ0v) is 13.0. The van der Waals surface area contributed by atoms with Crippen molar-refractivity contribution in [3.63, 3.8) is 0 Å². The van der Waals surface area contributed by atoms with Gasteiger partial charge in [0.15, 0.2) is 5.13 Å². The summed E-state index contributed by atoms with van der Waals surface area (Å²) in [4.78, 5) is 17.4. The van der Waals surface area contributed by atoms with E-state index in [2.05, 4.69) is 10.3 Å². The Morgan fingerprint density at radius 1 is 1.41 bits per heavy atom. The SMILES string of the molecule is O=C(Nc1ncc(Cc2ccccc2F)s1)C1CC12CCC2. The molecule has 2 fully saturated rings. The van der Waals surface area contributed by atoms with Gasteiger partial charge in [0.25, 0.3) is 0 Å². The first-order valence-electron chi connectivity index (χ1n) is 7.65. The largest absolute Gasteiger partial charge is 0.302 e. The average Bonchev–Trinajstić information content (AvgIpc) is 3.11. The van der Waals surface area contributed by atoms with E-state index >= 15 is 0 Å². The Labute approximate surface area is 132 Å². The fourth-order valence-corrected chi connectivity index (χ4v) is 4.21. The van der Waals surface area contributed by atoms with Crippen molar-refractivity contribution in [3.8, 4) is 0 Å². The molecule has 1 atom stereocenters. The molecule has 2 aromatic rings. The molecule has 0 saturated heterocycles. The third-order valence-electron chi connectivity index (χ3n) is 4.96. The second-order valence-corrected chi connectivity index (χ2v) is 7.48. The molecule has 1 heterocycles. The van der Waals surface area contributed by atoms with Gasteiger partial charge in [-0.3, -0.25) is 4.79 Å². The lowest BCUT2D eigenvalue weighted by Crippen LogP contribution is -2.23. The quantitative estimate of drug-likeness (QED) is 0.926. The van der Waals surface area contributed by atoms with Gasteiger partial charge < -0.3 is 5.32 Å². The van der Waals surface area contributed by atoms with Crippen LogP contribution in [0.3, 0.4) is 0 Å². The van der Waals surface area contributed by atoms with Crippen molar-refractivity contribution in [2.24, 2.45) is 11.3 Å². The van der Waals surface area contributed by atoms with Crippen LogP contribution in [0.25, 0.3) is 0 Å². The molecule has 22 heavy (non-hydrogen) atoms. The van der Waals surface area contributed by atoms with Crippen molar-refractivity contribution in [2.45, 2.75) is 32.1 Å². The molecule has 1 spiro atoms. The molecule has 5 heteroatoms. The van der Waals surface area contributed by atoms with Crippen molar-refractivity contribution in [2.75, 3.05) is 5.32 Å². The van der Waals surface area contributed by atoms with Gasteiger partial charge in [0.1, 0.15) is 5.82 Å². The second kappa shape index (κ2) is 5.16. The number of amides is 1. The van der Waals surface area contributed by atoms with E-state index in [-0.39, 0.29) is 17.6 Å². The molecule has 1 unspecified atom stereocenters. The summed E-state index contributed by atoms with van der Waals surface area (Å²) >= 11 is 1.43. The number of nitrogens with zero attached hydrogens (tertiary/aromatic N) is 1. The molecular weight excluding hydrogens is 299 g/mol. The minimum Gasteiger partial charge on any atom is -0.302 e. The monoisotopic (exact) mass is 316 g/mol. The molecule has 3 nitrogen and oxygen atoms in total. The van der Waals surface area contributed by atoms with E-state index in [0.717, 1.165) is 11.3 Å². The van der Waals surface area contributed by atoms with E-state index in [0.29, 0.717) is 22.5 Å². The third kappa shape index (κ3) is 2.43. The molecule has 1 amide bonds. The second-order valence-electron chi connectivity index (χ2n) is 6.36. The van der Waals surface area contributed by atoms with Crippen LogP contribution < -0.4 is 5.32 Å². The zero-order valence-electron chi connectivity index (χ0n) is 12.1. The topological polar surface area (TPSA) is 42.0 Å². The first kappa shape index (κ1) is 13.9. The van der Waals surface area contributed by atoms with Crippen LogP contribution in [0, 0.1) is 17.2 Å². The van der Waals surface area contributed by atoms with Crippen LogP contribution in [0.5, 0.6) is 0 Å². The van der Waals surface area contributed by atoms with Crippen molar-refractivity contribution < 1.29 is 9.18 Å². The van der Waals surface area contributed by atoms with E-state index in [1.54, 1.807) is 18.3 Å². The first-order valence-corrected chi connectivity index (χ1v) is 8.47. The summed E-state index contributed by atoms with van der Waals surface area (Å²) in [5.41, 5.74) is 0.983. The van der Waals surface area contributed by atoms with Gasteiger partial charge in [-0.05, 0) is 36.3 Å². The summed E-state index contributed by atoms with van der Waals surface area (Å²) in [6.45, 7) is 0. The predicted molar refractivity (Wildman–Crippen MR) is 84.3 cm³/mol. The number of hydrogen-bond donors (Lipinski definition) is 1. The number of carbonyl (C=O) groups excluding carboxylic acids is 1. The Morgan fingerprint density at radius 3 is 2.91 bits per heavy atom. The lowest BCUT2D eigenvalue weighted by molar-refractivity contribution is -0.118. The number of benzene rings is 1. The summed E-state index contributed by atoms with van der Waals surface area (Å²) < 4.78 is 13.7. The summed E-state index contributed by atoms with van der Waals surface area (Å²) in [5.74, 6) is 0.0815. The van der Waals surface area contributed by atoms with Gasteiger partial charge >= 0.3 is 0 Å². The smallest absolute Gasteiger partial charge is 0.229 e. The number of rotatable bonds is 4. The molecule has 1 aromatic heterocycles. The van der Waals surface area contributed by atoms with Crippen LogP contribution in [0.4, 0.5) is 9.52 Å². The van der Waals surface area contributed by atoms with E-state index in [4.69, 9.17) is 0 Å². The van der Waals surface area contributed by atoms with Crippen LogP contribution >= 0.6 is 11.3 Å². The molecular formula is C17H17FN2OS. The van der Waals surface area contributed by atoms with E-state index in [1.165, 1.54) is 36.7 Å². The molecule has 0 bridgehead atoms. The number of halogens is 1. The first-order chi connectivity index (χ1) is 10.7. The number of hydrogen-bond acceptors (Lipinski definition) is 3. The maximum atomic E-state index is 13.7. The number of carbonyl (C=O) groups is 1. The van der Waals surface area contributed by atoms with Gasteiger partial charge in [-0.2, -0.15) is 0 Å². The summed E-state index contributed by atoms with van der Waals surface area (Å²) in [6.07, 6.45) is 6.91. The van der Waals surface area contributed by atoms with Gasteiger partial charge in [-0.1, -0.05) is 24.6 Å². The maximum Gasteiger partial charge on any atom is 0.229 e. The van der Waals surface area contributed by atoms with Crippen molar-refractivity contribution >= 4 is 22.4 Å². The molecule has 0 radical (unpaired) electrons. The fraction of sp³-hybridized carbons (Fsp3) is 0.412. The van der Waals surface area contributed by atoms with Crippen LogP contribution in [0.15, 0.2) is 30.5 Å². The molecule has 2 aliphatic carbocycles. The van der Waals surface area contributed by atoms with Gasteiger partial charge in [-0.25, -0.2) is 9.37 Å². The summed E-state index contributed by atoms with van der Waals surface area (Å²) in [6, 6.07) is 6.75. The lowest BCUT2D eigenvalue weighted by atomic mass is 9.80. The van der Waals surface area contributed by atoms with Gasteiger partial charge in [-0.15, -0.1) is 11.3 Å². The Bertz CT molecular complexity index is 723. The van der Waals surface area contributed by atoms with Gasteiger partial charge in [0, 0.05) is 23.4 Å². The molecule has 1 aromatic carbocycles. The Balaban J connectivity index is 1.39. The standard InChI is InChI=1S/C17H17FN2OS/c18-14-5-2-1-4-11(14)8-12-10-19-16(22-12)20-15(21)13-9-17(13)6-3-7-17/h1-2,4-5,10,13H,3,6-9H2,(H,19,20,21). The molecule has 0 aliphatic heterocycles. The van der Waals surface area contributed by atoms with E-state index in [1.807, 2.05) is 6.07 Å². The minimum absolute atomic E-state index is 0.103. The number of aromatic nitrogens is 1. The Hall–Kier alpha value is -1.75. The fourth-order valence-electron chi connectivity index (χ4n) is 3.37. The highest BCUT2D eigenvalue weighted by molar-refractivity contribution is 7.15. The third-order valence-corrected chi connectivity index (χ3v) is 5.87. The highest BCUT2D eigenvalue weighted by Crippen LogP contribution is 2.65. The molecule has 2 saturated carbocycles. The van der Waals surface area contributed by atoms with Gasteiger partial charge in [0.05, 0.1) is 0 Å². The lowest BCUT2D eigenvalue weighted by Gasteiger charge is -2.26. The van der Waals surface area contributed by atoms with E-state index in [9.17, 15) is 9.18 Å². The number of thiazole rings is 1. The van der Waals surface area contributed by atoms with Crippen LogP contribution in [0.2, 0.25) is 0 Å². The number of anilines is 1. The average molecular weight is 316 g/mol. The zero-order chi connectivity index (χ0) is 15.2. The number of nitrogens with one attached hydrogen (secondary N) is 1. The Kier molecular flexibility index (Phi) is 3.26. The van der Waals surface area contributed by atoms with Crippen molar-refractivity contribution in [1.82, 2.24) is 4.98 Å². The molecule has 4 rings (SSSR count). The van der Waals surface area contributed by atoms with Gasteiger partial charge in [0.2, 0.25) is 5.91 Å². The van der Waals surface area contributed by atoms with Crippen molar-refractivity contribution in [1.29, 1.82) is 0 Å². The summed E-state index contributed by atoms with van der Waals surface area (Å²) in [5, 5.41) is 3.55. The Morgan fingerprint density at radius 2 is 2.23 bits per heavy atom. The predicted octanol–water partition coefficient (Wildman–Crippen LogP) is 4.00. The van der Waals surface area contributed by atoms with Crippen molar-refractivity contribution in [3.05, 3.63) is 46.7 Å². The van der Waals surface area contributed by atoms with Crippen LogP contribution in [-0.4, -0.2) is 10.9 Å². The molecule has 114 valence electrons. The highest BCUT2D eigenvalue weighted by atomic mass is 32.1. The molecule has 1 N–H and O–H groups in total. The van der Waals surface area contributed by atoms with Crippen LogP contribution in [0.1, 0.15) is 36.1 Å². The maximum absolute atomic E-state index is 13.7. The normalized spacial score (nSPS) is 21.4. The molecule has 2 aliphatic rings. The minimum atomic E-state index is -0.202. The van der Waals surface area contributed by atoms with Crippen LogP contribution in [-0.2, 0) is 11.2 Å². The van der Waals surface area contributed by atoms with E-state index < -0.39 is 0 Å².